The molecule has 0 aliphatic heterocycles. The van der Waals surface area contributed by atoms with E-state index in [4.69, 9.17) is 5.11 Å². The highest BCUT2D eigenvalue weighted by atomic mass is 32.2. The highest BCUT2D eigenvalue weighted by molar-refractivity contribution is 8.01. The number of amides is 4. The summed E-state index contributed by atoms with van der Waals surface area (Å²) in [4.78, 5) is 42.1. The number of anilines is 1. The summed E-state index contributed by atoms with van der Waals surface area (Å²) in [5, 5.41) is 14.2. The molecule has 10 heteroatoms. The van der Waals surface area contributed by atoms with Crippen LogP contribution in [0.2, 0.25) is 0 Å². The van der Waals surface area contributed by atoms with Gasteiger partial charge < -0.3 is 10.0 Å². The molecule has 0 aromatic carbocycles. The van der Waals surface area contributed by atoms with Crippen LogP contribution in [0.3, 0.4) is 0 Å². The van der Waals surface area contributed by atoms with Gasteiger partial charge in [0.15, 0.2) is 5.13 Å². The SMILES string of the molecule is CC1CCC(N(CC2CCCCC2)C(=O)NC(=O)Nc2ncc(SCC(=O)O)s2)CC1. The van der Waals surface area contributed by atoms with E-state index in [1.165, 1.54) is 36.8 Å². The predicted molar refractivity (Wildman–Crippen MR) is 123 cm³/mol. The van der Waals surface area contributed by atoms with Crippen molar-refractivity contribution in [2.75, 3.05) is 17.6 Å². The molecule has 0 radical (unpaired) electrons. The average Bonchev–Trinajstić information content (AvgIpc) is 3.19. The quantitative estimate of drug-likeness (QED) is 0.484. The second-order valence-corrected chi connectivity index (χ2v) is 10.9. The summed E-state index contributed by atoms with van der Waals surface area (Å²) in [6, 6.07) is -0.753. The van der Waals surface area contributed by atoms with Crippen molar-refractivity contribution < 1.29 is 19.5 Å². The molecule has 2 saturated carbocycles. The molecule has 172 valence electrons. The van der Waals surface area contributed by atoms with Crippen molar-refractivity contribution in [2.45, 2.75) is 75.0 Å². The molecule has 1 aromatic rings. The van der Waals surface area contributed by atoms with Crippen LogP contribution in [0.15, 0.2) is 10.4 Å². The van der Waals surface area contributed by atoms with E-state index in [1.807, 2.05) is 4.90 Å². The molecule has 0 unspecified atom stereocenters. The van der Waals surface area contributed by atoms with Crippen LogP contribution in [0.5, 0.6) is 0 Å². The van der Waals surface area contributed by atoms with Gasteiger partial charge in [-0.2, -0.15) is 0 Å². The third-order valence-electron chi connectivity index (χ3n) is 6.13. The van der Waals surface area contributed by atoms with Gasteiger partial charge in [-0.3, -0.25) is 15.4 Å². The highest BCUT2D eigenvalue weighted by Crippen LogP contribution is 2.31. The fourth-order valence-corrected chi connectivity index (χ4v) is 6.00. The third kappa shape index (κ3) is 7.68. The number of thioether (sulfide) groups is 1. The number of carbonyl (C=O) groups excluding carboxylic acids is 2. The number of thiazole rings is 1. The molecule has 2 aliphatic carbocycles. The summed E-state index contributed by atoms with van der Waals surface area (Å²) in [6.07, 6.45) is 11.7. The average molecular weight is 469 g/mol. The molecule has 0 bridgehead atoms. The molecule has 2 fully saturated rings. The van der Waals surface area contributed by atoms with E-state index in [1.54, 1.807) is 0 Å². The summed E-state index contributed by atoms with van der Waals surface area (Å²) in [5.74, 6) is 0.223. The van der Waals surface area contributed by atoms with E-state index in [0.717, 1.165) is 50.3 Å². The lowest BCUT2D eigenvalue weighted by atomic mass is 9.85. The summed E-state index contributed by atoms with van der Waals surface area (Å²) in [5.41, 5.74) is 0. The number of carboxylic acids is 1. The Kier molecular flexibility index (Phi) is 9.01. The van der Waals surface area contributed by atoms with Gasteiger partial charge in [0.05, 0.1) is 16.2 Å². The standard InChI is InChI=1S/C21H32N4O4S2/c1-14-7-9-16(10-8-14)25(12-15-5-3-2-4-6-15)21(29)24-19(28)23-20-22-11-18(31-20)30-13-17(26)27/h11,14-16H,2-10,12-13H2,1H3,(H,26,27)(H2,22,23,24,28,29). The van der Waals surface area contributed by atoms with Crippen LogP contribution in [0, 0.1) is 11.8 Å². The molecule has 0 saturated heterocycles. The number of hydrogen-bond acceptors (Lipinski definition) is 6. The van der Waals surface area contributed by atoms with Gasteiger partial charge in [-0.05, 0) is 50.4 Å². The van der Waals surface area contributed by atoms with E-state index < -0.39 is 12.0 Å². The molecule has 2 aliphatic rings. The summed E-state index contributed by atoms with van der Waals surface area (Å²) in [7, 11) is 0. The first-order chi connectivity index (χ1) is 14.9. The van der Waals surface area contributed by atoms with E-state index in [0.29, 0.717) is 27.7 Å². The lowest BCUT2D eigenvalue weighted by Gasteiger charge is -2.38. The van der Waals surface area contributed by atoms with E-state index >= 15 is 0 Å². The van der Waals surface area contributed by atoms with Crippen molar-refractivity contribution in [3.8, 4) is 0 Å². The minimum atomic E-state index is -0.911. The van der Waals surface area contributed by atoms with Crippen LogP contribution >= 0.6 is 23.1 Å². The Morgan fingerprint density at radius 3 is 2.55 bits per heavy atom. The Morgan fingerprint density at radius 1 is 1.16 bits per heavy atom. The number of carboxylic acid groups (broad SMARTS) is 1. The second-order valence-electron chi connectivity index (χ2n) is 8.62. The van der Waals surface area contributed by atoms with Crippen LogP contribution in [-0.2, 0) is 4.79 Å². The summed E-state index contributed by atoms with van der Waals surface area (Å²) < 4.78 is 0.694. The monoisotopic (exact) mass is 468 g/mol. The van der Waals surface area contributed by atoms with Crippen LogP contribution in [0.25, 0.3) is 0 Å². The minimum Gasteiger partial charge on any atom is -0.481 e. The maximum atomic E-state index is 13.0. The van der Waals surface area contributed by atoms with Crippen LogP contribution in [0.4, 0.5) is 14.7 Å². The van der Waals surface area contributed by atoms with E-state index in [9.17, 15) is 14.4 Å². The van der Waals surface area contributed by atoms with Gasteiger partial charge in [0, 0.05) is 12.6 Å². The lowest BCUT2D eigenvalue weighted by Crippen LogP contribution is -2.51. The summed E-state index contributed by atoms with van der Waals surface area (Å²) in [6.45, 7) is 2.97. The molecule has 4 amide bonds. The fourth-order valence-electron chi connectivity index (χ4n) is 4.41. The molecule has 0 spiro atoms. The Hall–Kier alpha value is -1.81. The topological polar surface area (TPSA) is 112 Å². The number of urea groups is 2. The van der Waals surface area contributed by atoms with Crippen molar-refractivity contribution in [3.63, 3.8) is 0 Å². The first-order valence-corrected chi connectivity index (χ1v) is 12.9. The minimum absolute atomic E-state index is 0.0670. The highest BCUT2D eigenvalue weighted by Gasteiger charge is 2.31. The Bertz CT molecular complexity index is 758. The maximum Gasteiger partial charge on any atom is 0.329 e. The molecule has 31 heavy (non-hydrogen) atoms. The zero-order valence-corrected chi connectivity index (χ0v) is 19.6. The molecular formula is C21H32N4O4S2. The largest absolute Gasteiger partial charge is 0.481 e. The van der Waals surface area contributed by atoms with Crippen LogP contribution < -0.4 is 10.6 Å². The molecule has 1 heterocycles. The van der Waals surface area contributed by atoms with Crippen molar-refractivity contribution in [2.24, 2.45) is 11.8 Å². The Morgan fingerprint density at radius 2 is 1.87 bits per heavy atom. The molecule has 3 rings (SSSR count). The predicted octanol–water partition coefficient (Wildman–Crippen LogP) is 5.02. The van der Waals surface area contributed by atoms with Crippen LogP contribution in [0.1, 0.15) is 64.7 Å². The lowest BCUT2D eigenvalue weighted by molar-refractivity contribution is -0.133. The third-order valence-corrected chi connectivity index (χ3v) is 8.22. The first-order valence-electron chi connectivity index (χ1n) is 11.1. The fraction of sp³-hybridized carbons (Fsp3) is 0.714. The van der Waals surface area contributed by atoms with Crippen LogP contribution in [-0.4, -0.2) is 51.4 Å². The summed E-state index contributed by atoms with van der Waals surface area (Å²) >= 11 is 2.33. The number of nitrogens with one attached hydrogen (secondary N) is 2. The molecular weight excluding hydrogens is 436 g/mol. The zero-order chi connectivity index (χ0) is 22.2. The van der Waals surface area contributed by atoms with Crippen molar-refractivity contribution in [3.05, 3.63) is 6.20 Å². The second kappa shape index (κ2) is 11.7. The Labute approximate surface area is 191 Å². The van der Waals surface area contributed by atoms with Gasteiger partial charge in [0.25, 0.3) is 0 Å². The van der Waals surface area contributed by atoms with E-state index in [2.05, 4.69) is 22.5 Å². The normalized spacial score (nSPS) is 22.0. The van der Waals surface area contributed by atoms with Gasteiger partial charge in [-0.15, -0.1) is 11.8 Å². The number of aliphatic carboxylic acids is 1. The zero-order valence-electron chi connectivity index (χ0n) is 18.0. The van der Waals surface area contributed by atoms with Crippen molar-refractivity contribution >= 4 is 46.3 Å². The number of aromatic nitrogens is 1. The molecule has 0 atom stereocenters. The van der Waals surface area contributed by atoms with Gasteiger partial charge in [0.1, 0.15) is 0 Å². The maximum absolute atomic E-state index is 13.0. The van der Waals surface area contributed by atoms with Crippen molar-refractivity contribution in [1.29, 1.82) is 0 Å². The number of nitrogens with zero attached hydrogens (tertiary/aromatic N) is 2. The number of hydrogen-bond donors (Lipinski definition) is 3. The van der Waals surface area contributed by atoms with Gasteiger partial charge >= 0.3 is 18.0 Å². The number of rotatable bonds is 7. The number of imide groups is 1. The molecule has 8 nitrogen and oxygen atoms in total. The van der Waals surface area contributed by atoms with Crippen molar-refractivity contribution in [1.82, 2.24) is 15.2 Å². The smallest absolute Gasteiger partial charge is 0.329 e. The van der Waals surface area contributed by atoms with Gasteiger partial charge in [-0.25, -0.2) is 14.6 Å². The molecule has 1 aromatic heterocycles. The number of carbonyl (C=O) groups is 3. The van der Waals surface area contributed by atoms with Gasteiger partial charge in [-0.1, -0.05) is 37.5 Å². The van der Waals surface area contributed by atoms with Gasteiger partial charge in [0.2, 0.25) is 0 Å². The Balaban J connectivity index is 1.56. The first kappa shape index (κ1) is 23.8. The van der Waals surface area contributed by atoms with E-state index in [-0.39, 0.29) is 17.8 Å². The molecule has 3 N–H and O–H groups in total.